The van der Waals surface area contributed by atoms with Gasteiger partial charge in [0.05, 0.1) is 19.6 Å². The molecule has 0 saturated carbocycles. The second kappa shape index (κ2) is 7.28. The van der Waals surface area contributed by atoms with Crippen molar-refractivity contribution in [2.24, 2.45) is 0 Å². The molecule has 0 radical (unpaired) electrons. The predicted molar refractivity (Wildman–Crippen MR) is 85.3 cm³/mol. The topological polar surface area (TPSA) is 58.8 Å². The van der Waals surface area contributed by atoms with Crippen LogP contribution in [0.5, 0.6) is 5.88 Å². The number of ether oxygens (including phenoxy) is 1. The summed E-state index contributed by atoms with van der Waals surface area (Å²) in [7, 11) is 1.55. The average Bonchev–Trinajstić information content (AvgIpc) is 2.99. The van der Waals surface area contributed by atoms with E-state index in [4.69, 9.17) is 9.15 Å². The minimum Gasteiger partial charge on any atom is -0.481 e. The van der Waals surface area contributed by atoms with Gasteiger partial charge in [0.2, 0.25) is 5.88 Å². The molecule has 2 aromatic heterocycles. The lowest BCUT2D eigenvalue weighted by Crippen LogP contribution is -2.35. The van der Waals surface area contributed by atoms with Gasteiger partial charge in [-0.25, -0.2) is 4.98 Å². The van der Waals surface area contributed by atoms with Crippen LogP contribution >= 0.6 is 0 Å². The van der Waals surface area contributed by atoms with Gasteiger partial charge < -0.3 is 14.1 Å². The van der Waals surface area contributed by atoms with Crippen molar-refractivity contribution in [3.05, 3.63) is 48.0 Å². The second-order valence-corrected chi connectivity index (χ2v) is 5.64. The van der Waals surface area contributed by atoms with Gasteiger partial charge in [0.1, 0.15) is 0 Å². The zero-order chi connectivity index (χ0) is 16.1. The molecule has 6 nitrogen and oxygen atoms in total. The Bertz CT molecular complexity index is 642. The van der Waals surface area contributed by atoms with E-state index in [-0.39, 0.29) is 5.91 Å². The molecule has 2 aromatic rings. The molecular formula is C17H21N3O3. The van der Waals surface area contributed by atoms with Gasteiger partial charge in [-0.15, -0.1) is 0 Å². The Kier molecular flexibility index (Phi) is 4.92. The Balaban J connectivity index is 1.61. The molecule has 3 heterocycles. The summed E-state index contributed by atoms with van der Waals surface area (Å²) in [6.45, 7) is 4.20. The first-order chi connectivity index (χ1) is 11.3. The molecule has 0 spiro atoms. The van der Waals surface area contributed by atoms with Crippen LogP contribution in [0.2, 0.25) is 0 Å². The number of aromatic nitrogens is 1. The Hall–Kier alpha value is -2.34. The Morgan fingerprint density at radius 1 is 1.30 bits per heavy atom. The molecule has 0 aliphatic carbocycles. The minimum absolute atomic E-state index is 0.0378. The summed E-state index contributed by atoms with van der Waals surface area (Å²) in [6.07, 6.45) is 6.04. The molecule has 0 bridgehead atoms. The summed E-state index contributed by atoms with van der Waals surface area (Å²) >= 11 is 0. The molecule has 1 amide bonds. The first kappa shape index (κ1) is 15.6. The SMILES string of the molecule is COc1cc(C(=O)N2CCCN(Cc3ccoc3)CC2)ccn1. The zero-order valence-corrected chi connectivity index (χ0v) is 13.3. The first-order valence-electron chi connectivity index (χ1n) is 7.79. The van der Waals surface area contributed by atoms with Crippen LogP contribution in [0.25, 0.3) is 0 Å². The molecule has 23 heavy (non-hydrogen) atoms. The van der Waals surface area contributed by atoms with E-state index in [0.717, 1.165) is 39.1 Å². The summed E-state index contributed by atoms with van der Waals surface area (Å²) in [5, 5.41) is 0. The third-order valence-electron chi connectivity index (χ3n) is 4.05. The molecule has 0 aromatic carbocycles. The molecular weight excluding hydrogens is 294 g/mol. The van der Waals surface area contributed by atoms with Crippen LogP contribution < -0.4 is 4.74 Å². The summed E-state index contributed by atoms with van der Waals surface area (Å²) in [6, 6.07) is 5.41. The van der Waals surface area contributed by atoms with Crippen LogP contribution in [0.4, 0.5) is 0 Å². The fraction of sp³-hybridized carbons (Fsp3) is 0.412. The molecule has 0 N–H and O–H groups in total. The number of nitrogens with zero attached hydrogens (tertiary/aromatic N) is 3. The fourth-order valence-corrected chi connectivity index (χ4v) is 2.81. The first-order valence-corrected chi connectivity index (χ1v) is 7.79. The van der Waals surface area contributed by atoms with Crippen molar-refractivity contribution in [1.82, 2.24) is 14.8 Å². The van der Waals surface area contributed by atoms with Gasteiger partial charge in [0.15, 0.2) is 0 Å². The summed E-state index contributed by atoms with van der Waals surface area (Å²) < 4.78 is 10.2. The Morgan fingerprint density at radius 3 is 3.00 bits per heavy atom. The normalized spacial score (nSPS) is 16.1. The van der Waals surface area contributed by atoms with E-state index in [9.17, 15) is 4.79 Å². The maximum Gasteiger partial charge on any atom is 0.254 e. The number of hydrogen-bond acceptors (Lipinski definition) is 5. The highest BCUT2D eigenvalue weighted by Gasteiger charge is 2.21. The van der Waals surface area contributed by atoms with E-state index in [1.54, 1.807) is 38.0 Å². The molecule has 3 rings (SSSR count). The van der Waals surface area contributed by atoms with Crippen LogP contribution in [0.1, 0.15) is 22.3 Å². The molecule has 0 atom stereocenters. The largest absolute Gasteiger partial charge is 0.481 e. The third kappa shape index (κ3) is 3.90. The predicted octanol–water partition coefficient (Wildman–Crippen LogP) is 2.03. The van der Waals surface area contributed by atoms with Crippen molar-refractivity contribution >= 4 is 5.91 Å². The van der Waals surface area contributed by atoms with Crippen molar-refractivity contribution in [3.63, 3.8) is 0 Å². The van der Waals surface area contributed by atoms with E-state index < -0.39 is 0 Å². The average molecular weight is 315 g/mol. The highest BCUT2D eigenvalue weighted by atomic mass is 16.5. The van der Waals surface area contributed by atoms with Crippen LogP contribution in [-0.4, -0.2) is 54.0 Å². The molecule has 1 aliphatic heterocycles. The monoisotopic (exact) mass is 315 g/mol. The summed E-state index contributed by atoms with van der Waals surface area (Å²) in [4.78, 5) is 21.0. The van der Waals surface area contributed by atoms with E-state index in [1.165, 1.54) is 5.56 Å². The smallest absolute Gasteiger partial charge is 0.254 e. The lowest BCUT2D eigenvalue weighted by Gasteiger charge is -2.21. The van der Waals surface area contributed by atoms with Gasteiger partial charge in [-0.1, -0.05) is 0 Å². The Morgan fingerprint density at radius 2 is 2.22 bits per heavy atom. The fourth-order valence-electron chi connectivity index (χ4n) is 2.81. The number of amides is 1. The van der Waals surface area contributed by atoms with Crippen LogP contribution in [0, 0.1) is 0 Å². The van der Waals surface area contributed by atoms with Crippen molar-refractivity contribution < 1.29 is 13.9 Å². The minimum atomic E-state index is 0.0378. The van der Waals surface area contributed by atoms with Crippen molar-refractivity contribution in [2.75, 3.05) is 33.3 Å². The number of pyridine rings is 1. The number of rotatable bonds is 4. The quantitative estimate of drug-likeness (QED) is 0.864. The van der Waals surface area contributed by atoms with Crippen molar-refractivity contribution in [3.8, 4) is 5.88 Å². The third-order valence-corrected chi connectivity index (χ3v) is 4.05. The maximum absolute atomic E-state index is 12.7. The zero-order valence-electron chi connectivity index (χ0n) is 13.3. The van der Waals surface area contributed by atoms with Crippen LogP contribution in [0.3, 0.4) is 0 Å². The molecule has 122 valence electrons. The van der Waals surface area contributed by atoms with Gasteiger partial charge in [-0.3, -0.25) is 9.69 Å². The maximum atomic E-state index is 12.7. The lowest BCUT2D eigenvalue weighted by atomic mass is 10.2. The summed E-state index contributed by atoms with van der Waals surface area (Å²) in [5.41, 5.74) is 1.80. The van der Waals surface area contributed by atoms with Gasteiger partial charge in [-0.2, -0.15) is 0 Å². The van der Waals surface area contributed by atoms with Crippen molar-refractivity contribution in [2.45, 2.75) is 13.0 Å². The molecule has 1 aliphatic rings. The Labute approximate surface area is 135 Å². The molecule has 0 unspecified atom stereocenters. The number of carbonyl (C=O) groups excluding carboxylic acids is 1. The van der Waals surface area contributed by atoms with Crippen molar-refractivity contribution in [1.29, 1.82) is 0 Å². The van der Waals surface area contributed by atoms with E-state index >= 15 is 0 Å². The lowest BCUT2D eigenvalue weighted by molar-refractivity contribution is 0.0760. The second-order valence-electron chi connectivity index (χ2n) is 5.64. The standard InChI is InChI=1S/C17H21N3O3/c1-22-16-11-15(3-5-18-16)17(21)20-7-2-6-19(8-9-20)12-14-4-10-23-13-14/h3-5,10-11,13H,2,6-9,12H2,1H3. The highest BCUT2D eigenvalue weighted by Crippen LogP contribution is 2.14. The van der Waals surface area contributed by atoms with Crippen LogP contribution in [-0.2, 0) is 6.54 Å². The number of methoxy groups -OCH3 is 1. The molecule has 1 fully saturated rings. The van der Waals surface area contributed by atoms with Gasteiger partial charge >= 0.3 is 0 Å². The number of hydrogen-bond donors (Lipinski definition) is 0. The van der Waals surface area contributed by atoms with E-state index in [1.807, 2.05) is 11.0 Å². The van der Waals surface area contributed by atoms with Gasteiger partial charge in [0.25, 0.3) is 5.91 Å². The number of carbonyl (C=O) groups is 1. The number of furan rings is 1. The van der Waals surface area contributed by atoms with Crippen LogP contribution in [0.15, 0.2) is 41.3 Å². The highest BCUT2D eigenvalue weighted by molar-refractivity contribution is 5.94. The van der Waals surface area contributed by atoms with Gasteiger partial charge in [0, 0.05) is 56.1 Å². The summed E-state index contributed by atoms with van der Waals surface area (Å²) in [5.74, 6) is 0.503. The van der Waals surface area contributed by atoms with Gasteiger partial charge in [-0.05, 0) is 18.6 Å². The van der Waals surface area contributed by atoms with E-state index in [0.29, 0.717) is 11.4 Å². The van der Waals surface area contributed by atoms with E-state index in [2.05, 4.69) is 9.88 Å². The molecule has 6 heteroatoms. The molecule has 1 saturated heterocycles.